The number of hydrogen-bond acceptors (Lipinski definition) is 5. The van der Waals surface area contributed by atoms with Crippen LogP contribution in [0.5, 0.6) is 0 Å². The second kappa shape index (κ2) is 7.49. The fourth-order valence-electron chi connectivity index (χ4n) is 3.11. The molecule has 2 N–H and O–H groups in total. The number of aryl methyl sites for hydroxylation is 2. The zero-order chi connectivity index (χ0) is 17.8. The van der Waals surface area contributed by atoms with Crippen LogP contribution in [0.1, 0.15) is 29.5 Å². The summed E-state index contributed by atoms with van der Waals surface area (Å²) in [5.41, 5.74) is 3.61. The molecule has 6 nitrogen and oxygen atoms in total. The molecule has 25 heavy (non-hydrogen) atoms. The van der Waals surface area contributed by atoms with Crippen molar-refractivity contribution in [2.75, 3.05) is 25.0 Å². The Balaban J connectivity index is 1.66. The monoisotopic (exact) mass is 338 g/mol. The molecule has 130 valence electrons. The van der Waals surface area contributed by atoms with Crippen LogP contribution in [-0.4, -0.2) is 36.7 Å². The van der Waals surface area contributed by atoms with E-state index < -0.39 is 0 Å². The molecule has 0 aliphatic carbocycles. The summed E-state index contributed by atoms with van der Waals surface area (Å²) in [6, 6.07) is 8.15. The number of nitriles is 1. The third-order valence-corrected chi connectivity index (χ3v) is 4.34. The molecule has 0 radical (unpaired) electrons. The SMILES string of the molecule is Cc1cc(C)c2cc(C#N)c(NCCNC(=O)[C@@H]3CCCO3)nc2c1. The van der Waals surface area contributed by atoms with Crippen molar-refractivity contribution in [3.8, 4) is 6.07 Å². The first-order valence-electron chi connectivity index (χ1n) is 8.54. The first kappa shape index (κ1) is 17.2. The highest BCUT2D eigenvalue weighted by atomic mass is 16.5. The number of anilines is 1. The summed E-state index contributed by atoms with van der Waals surface area (Å²) in [5.74, 6) is 0.476. The van der Waals surface area contributed by atoms with Crippen LogP contribution in [0.25, 0.3) is 10.9 Å². The van der Waals surface area contributed by atoms with Crippen molar-refractivity contribution in [2.24, 2.45) is 0 Å². The minimum absolute atomic E-state index is 0.0717. The number of fused-ring (bicyclic) bond motifs is 1. The van der Waals surface area contributed by atoms with Crippen molar-refractivity contribution in [1.29, 1.82) is 5.26 Å². The molecule has 0 unspecified atom stereocenters. The van der Waals surface area contributed by atoms with Crippen molar-refractivity contribution in [2.45, 2.75) is 32.8 Å². The summed E-state index contributed by atoms with van der Waals surface area (Å²) in [6.45, 7) is 5.65. The largest absolute Gasteiger partial charge is 0.368 e. The highest BCUT2D eigenvalue weighted by Gasteiger charge is 2.22. The molecule has 1 aliphatic heterocycles. The Morgan fingerprint density at radius 3 is 2.92 bits per heavy atom. The van der Waals surface area contributed by atoms with Gasteiger partial charge in [-0.2, -0.15) is 5.26 Å². The number of ether oxygens (including phenoxy) is 1. The molecule has 0 spiro atoms. The number of aromatic nitrogens is 1. The van der Waals surface area contributed by atoms with E-state index in [9.17, 15) is 10.1 Å². The molecule has 1 fully saturated rings. The van der Waals surface area contributed by atoms with Gasteiger partial charge in [-0.05, 0) is 49.9 Å². The van der Waals surface area contributed by atoms with Crippen LogP contribution in [0.2, 0.25) is 0 Å². The quantitative estimate of drug-likeness (QED) is 0.818. The predicted octanol–water partition coefficient (Wildman–Crippen LogP) is 2.43. The lowest BCUT2D eigenvalue weighted by molar-refractivity contribution is -0.129. The number of nitrogens with one attached hydrogen (secondary N) is 2. The number of carbonyl (C=O) groups excluding carboxylic acids is 1. The van der Waals surface area contributed by atoms with Crippen molar-refractivity contribution in [3.63, 3.8) is 0 Å². The van der Waals surface area contributed by atoms with Gasteiger partial charge in [-0.3, -0.25) is 4.79 Å². The van der Waals surface area contributed by atoms with Crippen LogP contribution in [0.4, 0.5) is 5.82 Å². The average molecular weight is 338 g/mol. The lowest BCUT2D eigenvalue weighted by Gasteiger charge is -2.13. The molecule has 1 aromatic heterocycles. The van der Waals surface area contributed by atoms with E-state index in [-0.39, 0.29) is 12.0 Å². The van der Waals surface area contributed by atoms with E-state index in [4.69, 9.17) is 4.74 Å². The van der Waals surface area contributed by atoms with Gasteiger partial charge in [0.15, 0.2) is 0 Å². The normalized spacial score (nSPS) is 16.6. The van der Waals surface area contributed by atoms with Gasteiger partial charge in [0.1, 0.15) is 18.0 Å². The molecule has 1 aliphatic rings. The van der Waals surface area contributed by atoms with E-state index >= 15 is 0 Å². The summed E-state index contributed by atoms with van der Waals surface area (Å²) < 4.78 is 5.35. The second-order valence-electron chi connectivity index (χ2n) is 6.36. The Bertz CT molecular complexity index is 835. The standard InChI is InChI=1S/C19H22N4O2/c1-12-8-13(2)15-10-14(11-20)18(23-16(15)9-12)21-5-6-22-19(24)17-4-3-7-25-17/h8-10,17H,3-7H2,1-2H3,(H,21,23)(H,22,24)/t17-/m0/s1. The molecule has 0 saturated carbocycles. The van der Waals surface area contributed by atoms with E-state index in [1.54, 1.807) is 0 Å². The predicted molar refractivity (Wildman–Crippen MR) is 96.4 cm³/mol. The summed E-state index contributed by atoms with van der Waals surface area (Å²) in [5, 5.41) is 16.4. The Morgan fingerprint density at radius 2 is 2.20 bits per heavy atom. The second-order valence-corrected chi connectivity index (χ2v) is 6.36. The first-order valence-corrected chi connectivity index (χ1v) is 8.54. The van der Waals surface area contributed by atoms with Gasteiger partial charge < -0.3 is 15.4 Å². The van der Waals surface area contributed by atoms with Crippen molar-refractivity contribution in [3.05, 3.63) is 34.9 Å². The molecule has 6 heteroatoms. The third-order valence-electron chi connectivity index (χ3n) is 4.34. The average Bonchev–Trinajstić information content (AvgIpc) is 3.12. The number of carbonyl (C=O) groups is 1. The maximum atomic E-state index is 11.9. The van der Waals surface area contributed by atoms with E-state index in [1.165, 1.54) is 0 Å². The van der Waals surface area contributed by atoms with Gasteiger partial charge >= 0.3 is 0 Å². The number of benzene rings is 1. The zero-order valence-electron chi connectivity index (χ0n) is 14.6. The van der Waals surface area contributed by atoms with Crippen molar-refractivity contribution < 1.29 is 9.53 Å². The molecule has 1 saturated heterocycles. The minimum Gasteiger partial charge on any atom is -0.368 e. The third kappa shape index (κ3) is 3.89. The maximum Gasteiger partial charge on any atom is 0.249 e. The topological polar surface area (TPSA) is 87.0 Å². The Hall–Kier alpha value is -2.65. The van der Waals surface area contributed by atoms with Gasteiger partial charge in [-0.25, -0.2) is 4.98 Å². The fraction of sp³-hybridized carbons (Fsp3) is 0.421. The maximum absolute atomic E-state index is 11.9. The van der Waals surface area contributed by atoms with Crippen molar-refractivity contribution in [1.82, 2.24) is 10.3 Å². The Morgan fingerprint density at radius 1 is 1.36 bits per heavy atom. The van der Waals surface area contributed by atoms with Crippen LogP contribution < -0.4 is 10.6 Å². The summed E-state index contributed by atoms with van der Waals surface area (Å²) in [7, 11) is 0. The Labute approximate surface area is 147 Å². The van der Waals surface area contributed by atoms with Gasteiger partial charge in [0.05, 0.1) is 11.1 Å². The summed E-state index contributed by atoms with van der Waals surface area (Å²) >= 11 is 0. The molecular formula is C19H22N4O2. The number of nitrogens with zero attached hydrogens (tertiary/aromatic N) is 2. The summed E-state index contributed by atoms with van der Waals surface area (Å²) in [6.07, 6.45) is 1.39. The fourth-order valence-corrected chi connectivity index (χ4v) is 3.11. The number of hydrogen-bond donors (Lipinski definition) is 2. The number of pyridine rings is 1. The Kier molecular flexibility index (Phi) is 5.15. The van der Waals surface area contributed by atoms with Crippen molar-refractivity contribution >= 4 is 22.6 Å². The van der Waals surface area contributed by atoms with Crippen LogP contribution in [0.3, 0.4) is 0 Å². The van der Waals surface area contributed by atoms with E-state index in [0.29, 0.717) is 31.1 Å². The van der Waals surface area contributed by atoms with E-state index in [0.717, 1.165) is 34.9 Å². The molecule has 3 rings (SSSR count). The van der Waals surface area contributed by atoms with Crippen LogP contribution in [0.15, 0.2) is 18.2 Å². The van der Waals surface area contributed by atoms with Crippen LogP contribution in [0, 0.1) is 25.2 Å². The highest BCUT2D eigenvalue weighted by Crippen LogP contribution is 2.24. The summed E-state index contributed by atoms with van der Waals surface area (Å²) in [4.78, 5) is 16.5. The first-order chi connectivity index (χ1) is 12.1. The van der Waals surface area contributed by atoms with Gasteiger partial charge in [0.25, 0.3) is 0 Å². The molecule has 1 aromatic carbocycles. The van der Waals surface area contributed by atoms with E-state index in [2.05, 4.69) is 27.8 Å². The van der Waals surface area contributed by atoms with Gasteiger partial charge in [-0.1, -0.05) is 6.07 Å². The molecule has 2 aromatic rings. The number of amides is 1. The lowest BCUT2D eigenvalue weighted by atomic mass is 10.0. The van der Waals surface area contributed by atoms with Crippen LogP contribution >= 0.6 is 0 Å². The van der Waals surface area contributed by atoms with Crippen LogP contribution in [-0.2, 0) is 9.53 Å². The number of rotatable bonds is 5. The van der Waals surface area contributed by atoms with Gasteiger partial charge in [0, 0.05) is 25.1 Å². The van der Waals surface area contributed by atoms with E-state index in [1.807, 2.05) is 26.0 Å². The molecule has 1 amide bonds. The molecule has 2 heterocycles. The highest BCUT2D eigenvalue weighted by molar-refractivity contribution is 5.86. The van der Waals surface area contributed by atoms with Gasteiger partial charge in [0.2, 0.25) is 5.91 Å². The minimum atomic E-state index is -0.320. The lowest BCUT2D eigenvalue weighted by Crippen LogP contribution is -2.36. The molecule has 0 bridgehead atoms. The zero-order valence-corrected chi connectivity index (χ0v) is 14.6. The smallest absolute Gasteiger partial charge is 0.249 e. The molecular weight excluding hydrogens is 316 g/mol. The molecule has 1 atom stereocenters. The van der Waals surface area contributed by atoms with Gasteiger partial charge in [-0.15, -0.1) is 0 Å².